The molecule has 22 heavy (non-hydrogen) atoms. The maximum absolute atomic E-state index is 12.0. The number of ether oxygens (including phenoxy) is 1. The van der Waals surface area contributed by atoms with Gasteiger partial charge >= 0.3 is 12.1 Å². The van der Waals surface area contributed by atoms with Crippen LogP contribution in [0.15, 0.2) is 0 Å². The number of carboxylic acid groups (broad SMARTS) is 1. The van der Waals surface area contributed by atoms with Crippen LogP contribution in [0, 0.1) is 5.92 Å². The number of carbonyl (C=O) groups excluding carboxylic acids is 2. The second kappa shape index (κ2) is 7.47. The number of carbonyl (C=O) groups is 3. The van der Waals surface area contributed by atoms with Crippen LogP contribution in [0.5, 0.6) is 0 Å². The van der Waals surface area contributed by atoms with E-state index in [1.165, 1.54) is 0 Å². The topological polar surface area (TPSA) is 105 Å². The second-order valence-corrected chi connectivity index (χ2v) is 6.76. The molecule has 1 fully saturated rings. The van der Waals surface area contributed by atoms with Crippen molar-refractivity contribution in [3.05, 3.63) is 0 Å². The van der Waals surface area contributed by atoms with Crippen molar-refractivity contribution in [3.8, 4) is 0 Å². The molecule has 1 atom stereocenters. The average Bonchev–Trinajstić information content (AvgIpc) is 2.36. The molecule has 126 valence electrons. The molecule has 1 aliphatic rings. The molecule has 0 saturated heterocycles. The molecule has 0 bridgehead atoms. The number of rotatable bonds is 4. The molecule has 0 radical (unpaired) electrons. The fraction of sp³-hybridized carbons (Fsp3) is 0.800. The van der Waals surface area contributed by atoms with Crippen LogP contribution in [0.1, 0.15) is 53.4 Å². The van der Waals surface area contributed by atoms with Crippen molar-refractivity contribution in [2.24, 2.45) is 5.92 Å². The van der Waals surface area contributed by atoms with Crippen LogP contribution in [-0.2, 0) is 14.3 Å². The van der Waals surface area contributed by atoms with E-state index < -0.39 is 23.7 Å². The summed E-state index contributed by atoms with van der Waals surface area (Å²) < 4.78 is 5.09. The number of amides is 2. The fourth-order valence-electron chi connectivity index (χ4n) is 2.36. The third-order valence-corrected chi connectivity index (χ3v) is 3.55. The first-order chi connectivity index (χ1) is 10.1. The second-order valence-electron chi connectivity index (χ2n) is 6.76. The molecule has 1 aliphatic carbocycles. The Hall–Kier alpha value is -1.79. The standard InChI is InChI=1S/C15H26N2O5/c1-9(16-14(21)22-15(2,3)4)12(18)17-11-7-5-10(6-8-11)13(19)20/h9-11H,5-8H2,1-4H3,(H,16,21)(H,17,18)(H,19,20)/t9-,10?,11?/m0/s1. The Bertz CT molecular complexity index is 422. The van der Waals surface area contributed by atoms with Gasteiger partial charge in [-0.15, -0.1) is 0 Å². The van der Waals surface area contributed by atoms with Crippen LogP contribution in [0.25, 0.3) is 0 Å². The third-order valence-electron chi connectivity index (χ3n) is 3.55. The molecule has 0 spiro atoms. The summed E-state index contributed by atoms with van der Waals surface area (Å²) in [6.07, 6.45) is 1.77. The quantitative estimate of drug-likeness (QED) is 0.732. The van der Waals surface area contributed by atoms with E-state index in [2.05, 4.69) is 10.6 Å². The van der Waals surface area contributed by atoms with Crippen LogP contribution < -0.4 is 10.6 Å². The molecule has 0 aromatic rings. The van der Waals surface area contributed by atoms with Gasteiger partial charge in [-0.3, -0.25) is 9.59 Å². The number of carboxylic acids is 1. The Morgan fingerprint density at radius 2 is 1.68 bits per heavy atom. The van der Waals surface area contributed by atoms with Crippen molar-refractivity contribution in [3.63, 3.8) is 0 Å². The van der Waals surface area contributed by atoms with E-state index in [9.17, 15) is 14.4 Å². The summed E-state index contributed by atoms with van der Waals surface area (Å²) in [4.78, 5) is 34.5. The molecule has 0 aliphatic heterocycles. The van der Waals surface area contributed by atoms with Crippen LogP contribution in [0.4, 0.5) is 4.79 Å². The van der Waals surface area contributed by atoms with E-state index in [4.69, 9.17) is 9.84 Å². The smallest absolute Gasteiger partial charge is 0.408 e. The lowest BCUT2D eigenvalue weighted by Crippen LogP contribution is -2.49. The van der Waals surface area contributed by atoms with Crippen LogP contribution in [-0.4, -0.2) is 40.8 Å². The van der Waals surface area contributed by atoms with E-state index in [-0.39, 0.29) is 17.9 Å². The summed E-state index contributed by atoms with van der Waals surface area (Å²) in [5, 5.41) is 14.3. The third kappa shape index (κ3) is 6.32. The summed E-state index contributed by atoms with van der Waals surface area (Å²) in [7, 11) is 0. The Kier molecular flexibility index (Phi) is 6.20. The fourth-order valence-corrected chi connectivity index (χ4v) is 2.36. The van der Waals surface area contributed by atoms with Gasteiger partial charge in [-0.2, -0.15) is 0 Å². The van der Waals surface area contributed by atoms with Gasteiger partial charge in [0, 0.05) is 6.04 Å². The lowest BCUT2D eigenvalue weighted by molar-refractivity contribution is -0.142. The zero-order valence-electron chi connectivity index (χ0n) is 13.6. The molecule has 0 heterocycles. The van der Waals surface area contributed by atoms with E-state index >= 15 is 0 Å². The first-order valence-corrected chi connectivity index (χ1v) is 7.61. The minimum absolute atomic E-state index is 0.0361. The van der Waals surface area contributed by atoms with E-state index in [0.29, 0.717) is 25.7 Å². The van der Waals surface area contributed by atoms with Gasteiger partial charge in [0.1, 0.15) is 11.6 Å². The van der Waals surface area contributed by atoms with Gasteiger partial charge in [0.15, 0.2) is 0 Å². The largest absolute Gasteiger partial charge is 0.481 e. The predicted molar refractivity (Wildman–Crippen MR) is 80.4 cm³/mol. The van der Waals surface area contributed by atoms with Gasteiger partial charge in [0.25, 0.3) is 0 Å². The molecule has 1 rings (SSSR count). The summed E-state index contributed by atoms with van der Waals surface area (Å²) >= 11 is 0. The molecule has 0 aromatic heterocycles. The minimum atomic E-state index is -0.773. The molecule has 2 amide bonds. The van der Waals surface area contributed by atoms with Gasteiger partial charge in [-0.1, -0.05) is 0 Å². The maximum Gasteiger partial charge on any atom is 0.408 e. The summed E-state index contributed by atoms with van der Waals surface area (Å²) in [6, 6.07) is -0.738. The highest BCUT2D eigenvalue weighted by Gasteiger charge is 2.28. The zero-order valence-corrected chi connectivity index (χ0v) is 13.6. The SMILES string of the molecule is C[C@H](NC(=O)OC(C)(C)C)C(=O)NC1CCC(C(=O)O)CC1. The van der Waals surface area contributed by atoms with E-state index in [1.807, 2.05) is 0 Å². The normalized spacial score (nSPS) is 23.3. The number of hydrogen-bond donors (Lipinski definition) is 3. The van der Waals surface area contributed by atoms with Crippen molar-refractivity contribution in [2.45, 2.75) is 71.1 Å². The number of alkyl carbamates (subject to hydrolysis) is 1. The van der Waals surface area contributed by atoms with Gasteiger partial charge in [0.2, 0.25) is 5.91 Å². The highest BCUT2D eigenvalue weighted by Crippen LogP contribution is 2.24. The molecule has 7 nitrogen and oxygen atoms in total. The van der Waals surface area contributed by atoms with Crippen molar-refractivity contribution < 1.29 is 24.2 Å². The van der Waals surface area contributed by atoms with Crippen molar-refractivity contribution in [2.75, 3.05) is 0 Å². The van der Waals surface area contributed by atoms with Crippen molar-refractivity contribution in [1.29, 1.82) is 0 Å². The molecule has 7 heteroatoms. The van der Waals surface area contributed by atoms with Crippen LogP contribution in [0.3, 0.4) is 0 Å². The van der Waals surface area contributed by atoms with E-state index in [0.717, 1.165) is 0 Å². The first kappa shape index (κ1) is 18.3. The highest BCUT2D eigenvalue weighted by molar-refractivity contribution is 5.85. The monoisotopic (exact) mass is 314 g/mol. The van der Waals surface area contributed by atoms with Crippen molar-refractivity contribution in [1.82, 2.24) is 10.6 Å². The van der Waals surface area contributed by atoms with Gasteiger partial charge in [-0.25, -0.2) is 4.79 Å². The molecule has 0 aromatic carbocycles. The van der Waals surface area contributed by atoms with Gasteiger partial charge in [0.05, 0.1) is 5.92 Å². The minimum Gasteiger partial charge on any atom is -0.481 e. The Labute approximate surface area is 130 Å². The molecular weight excluding hydrogens is 288 g/mol. The summed E-state index contributed by atoms with van der Waals surface area (Å²) in [5.41, 5.74) is -0.616. The first-order valence-electron chi connectivity index (χ1n) is 7.61. The predicted octanol–water partition coefficient (Wildman–Crippen LogP) is 1.66. The van der Waals surface area contributed by atoms with E-state index in [1.54, 1.807) is 27.7 Å². The molecular formula is C15H26N2O5. The maximum atomic E-state index is 12.0. The molecule has 3 N–H and O–H groups in total. The van der Waals surface area contributed by atoms with Crippen LogP contribution in [0.2, 0.25) is 0 Å². The van der Waals surface area contributed by atoms with Gasteiger partial charge in [-0.05, 0) is 53.4 Å². The zero-order chi connectivity index (χ0) is 16.9. The lowest BCUT2D eigenvalue weighted by Gasteiger charge is -2.28. The number of hydrogen-bond acceptors (Lipinski definition) is 4. The lowest BCUT2D eigenvalue weighted by atomic mass is 9.86. The Balaban J connectivity index is 2.36. The number of nitrogens with one attached hydrogen (secondary N) is 2. The Morgan fingerprint density at radius 1 is 1.14 bits per heavy atom. The number of aliphatic carboxylic acids is 1. The summed E-state index contributed by atoms with van der Waals surface area (Å²) in [5.74, 6) is -1.38. The summed E-state index contributed by atoms with van der Waals surface area (Å²) in [6.45, 7) is 6.83. The van der Waals surface area contributed by atoms with Crippen LogP contribution >= 0.6 is 0 Å². The van der Waals surface area contributed by atoms with Gasteiger partial charge < -0.3 is 20.5 Å². The average molecular weight is 314 g/mol. The molecule has 1 saturated carbocycles. The highest BCUT2D eigenvalue weighted by atomic mass is 16.6. The molecule has 0 unspecified atom stereocenters. The Morgan fingerprint density at radius 3 is 2.14 bits per heavy atom. The van der Waals surface area contributed by atoms with Crippen molar-refractivity contribution >= 4 is 18.0 Å².